The highest BCUT2D eigenvalue weighted by Gasteiger charge is 2.34. The van der Waals surface area contributed by atoms with Crippen molar-refractivity contribution >= 4 is 31.7 Å². The van der Waals surface area contributed by atoms with E-state index in [9.17, 15) is 5.11 Å². The summed E-state index contributed by atoms with van der Waals surface area (Å²) in [4.78, 5) is 0. The van der Waals surface area contributed by atoms with Gasteiger partial charge in [-0.3, -0.25) is 0 Å². The van der Waals surface area contributed by atoms with Crippen LogP contribution in [0.3, 0.4) is 0 Å². The van der Waals surface area contributed by atoms with Gasteiger partial charge in [0.1, 0.15) is 5.60 Å². The van der Waals surface area contributed by atoms with Crippen LogP contribution in [0.4, 0.5) is 0 Å². The van der Waals surface area contributed by atoms with Crippen LogP contribution in [0, 0.1) is 0 Å². The fourth-order valence-electron chi connectivity index (χ4n) is 3.12. The van der Waals surface area contributed by atoms with Gasteiger partial charge >= 0.3 is 0 Å². The second kappa shape index (κ2) is 7.98. The van der Waals surface area contributed by atoms with Gasteiger partial charge in [-0.1, -0.05) is 97.9 Å². The molecule has 0 saturated carbocycles. The Labute approximate surface area is 163 Å². The van der Waals surface area contributed by atoms with Gasteiger partial charge in [0.25, 0.3) is 0 Å². The second-order valence-electron chi connectivity index (χ2n) is 6.00. The summed E-state index contributed by atoms with van der Waals surface area (Å²) in [6.07, 6.45) is 0.598. The smallest absolute Gasteiger partial charge is 0.116 e. The number of rotatable bonds is 5. The summed E-state index contributed by atoms with van der Waals surface area (Å²) in [6.45, 7) is 2.03. The van der Waals surface area contributed by atoms with Crippen molar-refractivity contribution < 1.29 is 5.11 Å². The van der Waals surface area contributed by atoms with Crippen molar-refractivity contribution in [2.24, 2.45) is 0 Å². The van der Waals surface area contributed by atoms with Crippen molar-refractivity contribution in [2.45, 2.75) is 18.9 Å². The maximum Gasteiger partial charge on any atom is 0.116 e. The molecule has 2 heteroatoms. The fraction of sp³-hybridized carbons (Fsp3) is 0.130. The molecule has 0 fully saturated rings. The molecular weight excluding hydrogens is 419 g/mol. The standard InChI is InChI=1S/C23H21IO/c1-2-23(25,20-16-10-5-11-17-20)21(18-12-6-3-7-13-18)22(24)19-14-8-4-9-15-19/h3-17,25H,2H2,1H3/b22-21-. The maximum atomic E-state index is 11.8. The van der Waals surface area contributed by atoms with Gasteiger partial charge in [-0.05, 0) is 45.7 Å². The Hall–Kier alpha value is -1.91. The van der Waals surface area contributed by atoms with Crippen molar-refractivity contribution in [3.05, 3.63) is 108 Å². The zero-order valence-electron chi connectivity index (χ0n) is 14.2. The summed E-state index contributed by atoms with van der Waals surface area (Å²) >= 11 is 2.37. The summed E-state index contributed by atoms with van der Waals surface area (Å²) in [5.74, 6) is 0. The molecule has 0 radical (unpaired) electrons. The largest absolute Gasteiger partial charge is 0.380 e. The molecule has 0 aliphatic heterocycles. The molecule has 3 aromatic rings. The van der Waals surface area contributed by atoms with Crippen molar-refractivity contribution in [1.29, 1.82) is 0 Å². The van der Waals surface area contributed by atoms with Gasteiger partial charge in [0.05, 0.1) is 0 Å². The van der Waals surface area contributed by atoms with Gasteiger partial charge in [-0.25, -0.2) is 0 Å². The first-order valence-corrected chi connectivity index (χ1v) is 9.53. The molecule has 0 saturated heterocycles. The van der Waals surface area contributed by atoms with Gasteiger partial charge < -0.3 is 5.11 Å². The average molecular weight is 440 g/mol. The van der Waals surface area contributed by atoms with Crippen LogP contribution in [0.2, 0.25) is 0 Å². The van der Waals surface area contributed by atoms with E-state index in [0.717, 1.165) is 25.8 Å². The van der Waals surface area contributed by atoms with E-state index in [2.05, 4.69) is 46.9 Å². The Morgan fingerprint density at radius 2 is 1.20 bits per heavy atom. The lowest BCUT2D eigenvalue weighted by Crippen LogP contribution is -2.27. The van der Waals surface area contributed by atoms with E-state index in [1.54, 1.807) is 0 Å². The lowest BCUT2D eigenvalue weighted by atomic mass is 9.79. The van der Waals surface area contributed by atoms with Gasteiger partial charge in [0, 0.05) is 9.15 Å². The highest BCUT2D eigenvalue weighted by molar-refractivity contribution is 14.1. The van der Waals surface area contributed by atoms with E-state index in [4.69, 9.17) is 0 Å². The summed E-state index contributed by atoms with van der Waals surface area (Å²) in [5, 5.41) is 11.8. The minimum absolute atomic E-state index is 0.598. The van der Waals surface area contributed by atoms with Gasteiger partial charge in [-0.15, -0.1) is 0 Å². The minimum Gasteiger partial charge on any atom is -0.380 e. The van der Waals surface area contributed by atoms with Crippen LogP contribution in [0.1, 0.15) is 30.0 Å². The third kappa shape index (κ3) is 3.70. The molecule has 0 aliphatic rings. The van der Waals surface area contributed by atoms with E-state index < -0.39 is 5.60 Å². The first-order valence-electron chi connectivity index (χ1n) is 8.46. The third-order valence-electron chi connectivity index (χ3n) is 4.49. The number of hydrogen-bond donors (Lipinski definition) is 1. The molecule has 3 aromatic carbocycles. The zero-order valence-corrected chi connectivity index (χ0v) is 16.4. The van der Waals surface area contributed by atoms with Gasteiger partial charge in [-0.2, -0.15) is 0 Å². The average Bonchev–Trinajstić information content (AvgIpc) is 2.70. The summed E-state index contributed by atoms with van der Waals surface area (Å²) < 4.78 is 1.07. The molecular formula is C23H21IO. The lowest BCUT2D eigenvalue weighted by molar-refractivity contribution is 0.0969. The second-order valence-corrected chi connectivity index (χ2v) is 7.08. The lowest BCUT2D eigenvalue weighted by Gasteiger charge is -2.32. The molecule has 3 rings (SSSR count). The first kappa shape index (κ1) is 17.9. The van der Waals surface area contributed by atoms with Crippen molar-refractivity contribution in [2.75, 3.05) is 0 Å². The Kier molecular flexibility index (Phi) is 5.71. The molecule has 126 valence electrons. The zero-order chi connectivity index (χ0) is 17.7. The van der Waals surface area contributed by atoms with Crippen LogP contribution in [0.5, 0.6) is 0 Å². The Morgan fingerprint density at radius 3 is 1.68 bits per heavy atom. The number of hydrogen-bond acceptors (Lipinski definition) is 1. The monoisotopic (exact) mass is 440 g/mol. The minimum atomic E-state index is -1.05. The Bertz CT molecular complexity index is 841. The van der Waals surface area contributed by atoms with E-state index in [0.29, 0.717) is 6.42 Å². The Morgan fingerprint density at radius 1 is 0.760 bits per heavy atom. The molecule has 0 heterocycles. The molecule has 0 aromatic heterocycles. The van der Waals surface area contributed by atoms with Crippen LogP contribution in [0.25, 0.3) is 9.15 Å². The predicted octanol–water partition coefficient (Wildman–Crippen LogP) is 6.29. The fourth-order valence-corrected chi connectivity index (χ4v) is 4.24. The normalized spacial score (nSPS) is 14.5. The topological polar surface area (TPSA) is 20.2 Å². The van der Waals surface area contributed by atoms with Crippen molar-refractivity contribution in [3.63, 3.8) is 0 Å². The molecule has 1 nitrogen and oxygen atoms in total. The van der Waals surface area contributed by atoms with E-state index in [1.165, 1.54) is 0 Å². The molecule has 0 amide bonds. The number of halogens is 1. The molecule has 1 unspecified atom stereocenters. The molecule has 0 aliphatic carbocycles. The van der Waals surface area contributed by atoms with E-state index >= 15 is 0 Å². The van der Waals surface area contributed by atoms with Crippen LogP contribution >= 0.6 is 22.6 Å². The summed E-state index contributed by atoms with van der Waals surface area (Å²) in [6, 6.07) is 30.4. The molecule has 0 spiro atoms. The summed E-state index contributed by atoms with van der Waals surface area (Å²) in [7, 11) is 0. The SMILES string of the molecule is CCC(O)(/C(=C(\I)c1ccccc1)c1ccccc1)c1ccccc1. The first-order chi connectivity index (χ1) is 12.2. The van der Waals surface area contributed by atoms with Crippen LogP contribution in [0.15, 0.2) is 91.0 Å². The number of benzene rings is 3. The molecule has 25 heavy (non-hydrogen) atoms. The third-order valence-corrected chi connectivity index (χ3v) is 5.65. The molecule has 0 bridgehead atoms. The highest BCUT2D eigenvalue weighted by Crippen LogP contribution is 2.45. The Balaban J connectivity index is 2.28. The highest BCUT2D eigenvalue weighted by atomic mass is 127. The maximum absolute atomic E-state index is 11.8. The van der Waals surface area contributed by atoms with Crippen molar-refractivity contribution in [1.82, 2.24) is 0 Å². The van der Waals surface area contributed by atoms with Crippen LogP contribution in [-0.2, 0) is 5.60 Å². The van der Waals surface area contributed by atoms with Gasteiger partial charge in [0.2, 0.25) is 0 Å². The molecule has 1 N–H and O–H groups in total. The van der Waals surface area contributed by atoms with E-state index in [-0.39, 0.29) is 0 Å². The van der Waals surface area contributed by atoms with Crippen molar-refractivity contribution in [3.8, 4) is 0 Å². The van der Waals surface area contributed by atoms with Gasteiger partial charge in [0.15, 0.2) is 0 Å². The van der Waals surface area contributed by atoms with Crippen LogP contribution in [-0.4, -0.2) is 5.11 Å². The van der Waals surface area contributed by atoms with Crippen LogP contribution < -0.4 is 0 Å². The summed E-state index contributed by atoms with van der Waals surface area (Å²) in [5.41, 5.74) is 2.98. The molecule has 1 atom stereocenters. The van der Waals surface area contributed by atoms with E-state index in [1.807, 2.05) is 73.7 Å². The number of aliphatic hydroxyl groups is 1. The quantitative estimate of drug-likeness (QED) is 0.365. The predicted molar refractivity (Wildman–Crippen MR) is 114 cm³/mol.